The van der Waals surface area contributed by atoms with E-state index in [1.165, 1.54) is 0 Å². The van der Waals surface area contributed by atoms with E-state index in [2.05, 4.69) is 13.2 Å². The van der Waals surface area contributed by atoms with Gasteiger partial charge in [0, 0.05) is 0 Å². The lowest BCUT2D eigenvalue weighted by molar-refractivity contribution is 0.548. The Labute approximate surface area is 46.8 Å². The molecule has 2 heteroatoms. The van der Waals surface area contributed by atoms with Crippen LogP contribution in [-0.2, 0) is 0 Å². The van der Waals surface area contributed by atoms with Crippen molar-refractivity contribution in [3.05, 3.63) is 37.0 Å². The predicted molar refractivity (Wildman–Crippen MR) is 29.6 cm³/mol. The molecule has 0 aliphatic rings. The van der Waals surface area contributed by atoms with Crippen LogP contribution in [0.1, 0.15) is 0 Å². The molecule has 8 heavy (non-hydrogen) atoms. The molecule has 0 N–H and O–H groups in total. The molecule has 0 saturated heterocycles. The summed E-state index contributed by atoms with van der Waals surface area (Å²) in [5.41, 5.74) is 0. The minimum atomic E-state index is -1.06. The standard InChI is InChI=1S/C6H6F2/c1-3-4-6(8)5(2)7/h3-4H,1-2H2/b6-4+. The molecule has 0 amide bonds. The summed E-state index contributed by atoms with van der Waals surface area (Å²) in [5, 5.41) is 0. The number of hydrogen-bond donors (Lipinski definition) is 0. The third-order valence-electron chi connectivity index (χ3n) is 0.523. The normalized spacial score (nSPS) is 11.0. The molecule has 0 heterocycles. The second-order valence-electron chi connectivity index (χ2n) is 1.16. The first-order valence-corrected chi connectivity index (χ1v) is 2.01. The van der Waals surface area contributed by atoms with Crippen molar-refractivity contribution >= 4 is 0 Å². The van der Waals surface area contributed by atoms with Crippen LogP contribution < -0.4 is 0 Å². The first-order valence-electron chi connectivity index (χ1n) is 2.01. The van der Waals surface area contributed by atoms with E-state index in [9.17, 15) is 8.78 Å². The fraction of sp³-hybridized carbons (Fsp3) is 0. The SMILES string of the molecule is C=C/C=C(/F)C(=C)F. The lowest BCUT2D eigenvalue weighted by atomic mass is 10.4. The van der Waals surface area contributed by atoms with Crippen molar-refractivity contribution in [3.8, 4) is 0 Å². The summed E-state index contributed by atoms with van der Waals surface area (Å²) in [4.78, 5) is 0. The highest BCUT2D eigenvalue weighted by atomic mass is 19.2. The van der Waals surface area contributed by atoms with Gasteiger partial charge in [0.15, 0.2) is 11.7 Å². The van der Waals surface area contributed by atoms with Gasteiger partial charge in [0.05, 0.1) is 0 Å². The highest BCUT2D eigenvalue weighted by molar-refractivity contribution is 5.18. The summed E-state index contributed by atoms with van der Waals surface area (Å²) in [5.74, 6) is -2.04. The molecule has 0 aromatic carbocycles. The second-order valence-corrected chi connectivity index (χ2v) is 1.16. The van der Waals surface area contributed by atoms with Gasteiger partial charge in [-0.25, -0.2) is 8.78 Å². The lowest BCUT2D eigenvalue weighted by Gasteiger charge is -1.83. The first-order chi connectivity index (χ1) is 3.68. The van der Waals surface area contributed by atoms with Crippen molar-refractivity contribution in [2.45, 2.75) is 0 Å². The smallest absolute Gasteiger partial charge is 0.158 e. The van der Waals surface area contributed by atoms with Crippen molar-refractivity contribution in [2.24, 2.45) is 0 Å². The summed E-state index contributed by atoms with van der Waals surface area (Å²) in [6.45, 7) is 5.87. The van der Waals surface area contributed by atoms with Crippen molar-refractivity contribution < 1.29 is 8.78 Å². The first kappa shape index (κ1) is 7.08. The fourth-order valence-corrected chi connectivity index (χ4v) is 0.194. The highest BCUT2D eigenvalue weighted by Crippen LogP contribution is 2.08. The Morgan fingerprint density at radius 2 is 1.88 bits per heavy atom. The largest absolute Gasteiger partial charge is 0.204 e. The van der Waals surface area contributed by atoms with Gasteiger partial charge in [-0.15, -0.1) is 0 Å². The van der Waals surface area contributed by atoms with Crippen LogP contribution in [0.2, 0.25) is 0 Å². The average molecular weight is 116 g/mol. The third kappa shape index (κ3) is 2.29. The van der Waals surface area contributed by atoms with E-state index in [1.807, 2.05) is 0 Å². The van der Waals surface area contributed by atoms with Crippen LogP contribution in [-0.4, -0.2) is 0 Å². The average Bonchev–Trinajstić information content (AvgIpc) is 1.67. The Balaban J connectivity index is 3.99. The zero-order valence-electron chi connectivity index (χ0n) is 4.32. The number of rotatable bonds is 2. The maximum absolute atomic E-state index is 11.8. The van der Waals surface area contributed by atoms with E-state index in [0.717, 1.165) is 12.2 Å². The zero-order chi connectivity index (χ0) is 6.57. The Hall–Kier alpha value is -0.920. The molecule has 0 aromatic rings. The quantitative estimate of drug-likeness (QED) is 0.486. The van der Waals surface area contributed by atoms with E-state index in [4.69, 9.17) is 0 Å². The molecule has 0 aliphatic heterocycles. The molecule has 44 valence electrons. The Bertz CT molecular complexity index is 133. The molecule has 0 radical (unpaired) electrons. The molecule has 0 rings (SSSR count). The fourth-order valence-electron chi connectivity index (χ4n) is 0.194. The molecule has 0 atom stereocenters. The Kier molecular flexibility index (Phi) is 2.77. The molecule has 0 saturated carbocycles. The van der Waals surface area contributed by atoms with Crippen LogP contribution in [0.5, 0.6) is 0 Å². The van der Waals surface area contributed by atoms with Crippen LogP contribution in [0, 0.1) is 0 Å². The molecule has 0 nitrogen and oxygen atoms in total. The minimum Gasteiger partial charge on any atom is -0.204 e. The van der Waals surface area contributed by atoms with Crippen LogP contribution >= 0.6 is 0 Å². The van der Waals surface area contributed by atoms with Crippen molar-refractivity contribution in [3.63, 3.8) is 0 Å². The minimum absolute atomic E-state index is 0.905. The zero-order valence-corrected chi connectivity index (χ0v) is 4.32. The summed E-state index contributed by atoms with van der Waals surface area (Å²) < 4.78 is 23.4. The van der Waals surface area contributed by atoms with E-state index in [-0.39, 0.29) is 0 Å². The maximum atomic E-state index is 11.8. The molecular formula is C6H6F2. The molecule has 0 unspecified atom stereocenters. The van der Waals surface area contributed by atoms with Gasteiger partial charge in [0.25, 0.3) is 0 Å². The molecule has 0 spiro atoms. The van der Waals surface area contributed by atoms with Gasteiger partial charge in [-0.1, -0.05) is 19.2 Å². The second kappa shape index (κ2) is 3.13. The molecule has 0 aliphatic carbocycles. The number of halogens is 2. The molecule has 0 aromatic heterocycles. The summed E-state index contributed by atoms with van der Waals surface area (Å²) in [6.07, 6.45) is 2.06. The van der Waals surface area contributed by atoms with Gasteiger partial charge in [-0.2, -0.15) is 0 Å². The van der Waals surface area contributed by atoms with Gasteiger partial charge < -0.3 is 0 Å². The van der Waals surface area contributed by atoms with Gasteiger partial charge in [0.2, 0.25) is 0 Å². The predicted octanol–water partition coefficient (Wildman–Crippen LogP) is 2.51. The van der Waals surface area contributed by atoms with Crippen LogP contribution in [0.3, 0.4) is 0 Å². The van der Waals surface area contributed by atoms with Gasteiger partial charge in [0.1, 0.15) is 0 Å². The number of allylic oxidation sites excluding steroid dienone is 4. The van der Waals surface area contributed by atoms with E-state index in [0.29, 0.717) is 0 Å². The lowest BCUT2D eigenvalue weighted by Crippen LogP contribution is -1.67. The topological polar surface area (TPSA) is 0 Å². The summed E-state index contributed by atoms with van der Waals surface area (Å²) >= 11 is 0. The Morgan fingerprint density at radius 3 is 2.00 bits per heavy atom. The monoisotopic (exact) mass is 116 g/mol. The van der Waals surface area contributed by atoms with Gasteiger partial charge in [-0.05, 0) is 6.08 Å². The van der Waals surface area contributed by atoms with E-state index in [1.54, 1.807) is 0 Å². The highest BCUT2D eigenvalue weighted by Gasteiger charge is 1.93. The van der Waals surface area contributed by atoms with Crippen molar-refractivity contribution in [1.29, 1.82) is 0 Å². The Morgan fingerprint density at radius 1 is 1.38 bits per heavy atom. The third-order valence-corrected chi connectivity index (χ3v) is 0.523. The molecule has 0 fully saturated rings. The van der Waals surface area contributed by atoms with Gasteiger partial charge in [-0.3, -0.25) is 0 Å². The van der Waals surface area contributed by atoms with E-state index >= 15 is 0 Å². The van der Waals surface area contributed by atoms with E-state index < -0.39 is 11.7 Å². The summed E-state index contributed by atoms with van der Waals surface area (Å²) in [7, 11) is 0. The van der Waals surface area contributed by atoms with Crippen molar-refractivity contribution in [2.75, 3.05) is 0 Å². The van der Waals surface area contributed by atoms with Crippen molar-refractivity contribution in [1.82, 2.24) is 0 Å². The van der Waals surface area contributed by atoms with Crippen LogP contribution in [0.25, 0.3) is 0 Å². The molecule has 0 bridgehead atoms. The van der Waals surface area contributed by atoms with Crippen LogP contribution in [0.4, 0.5) is 8.78 Å². The van der Waals surface area contributed by atoms with Gasteiger partial charge >= 0.3 is 0 Å². The summed E-state index contributed by atoms with van der Waals surface area (Å²) in [6, 6.07) is 0. The van der Waals surface area contributed by atoms with Crippen LogP contribution in [0.15, 0.2) is 37.0 Å². The maximum Gasteiger partial charge on any atom is 0.158 e. The molecular weight excluding hydrogens is 110 g/mol. The number of hydrogen-bond acceptors (Lipinski definition) is 0.